The summed E-state index contributed by atoms with van der Waals surface area (Å²) in [6, 6.07) is 12.9. The largest absolute Gasteiger partial charge is 0.457 e. The van der Waals surface area contributed by atoms with Crippen LogP contribution < -0.4 is 5.50 Å². The Morgan fingerprint density at radius 1 is 0.880 bits per heavy atom. The van der Waals surface area contributed by atoms with E-state index in [-0.39, 0.29) is 0 Å². The highest BCUT2D eigenvalue weighted by Gasteiger charge is 2.41. The van der Waals surface area contributed by atoms with Gasteiger partial charge in [0.05, 0.1) is 5.69 Å². The number of benzene rings is 1. The Bertz CT molecular complexity index is 754. The van der Waals surface area contributed by atoms with Crippen molar-refractivity contribution in [2.24, 2.45) is 4.74 Å². The van der Waals surface area contributed by atoms with Crippen LogP contribution in [0.1, 0.15) is 31.4 Å². The van der Waals surface area contributed by atoms with Crippen LogP contribution in [-0.4, -0.2) is 35.5 Å². The van der Waals surface area contributed by atoms with Gasteiger partial charge in [0.2, 0.25) is 0 Å². The maximum Gasteiger partial charge on any atom is 0.172 e. The van der Waals surface area contributed by atoms with E-state index < -0.39 is 7.36 Å². The first-order chi connectivity index (χ1) is 12.2. The average Bonchev–Trinajstić information content (AvgIpc) is 3.37. The zero-order valence-corrected chi connectivity index (χ0v) is 17.7. The Labute approximate surface area is 163 Å². The van der Waals surface area contributed by atoms with E-state index in [0.29, 0.717) is 0 Å². The Morgan fingerprint density at radius 2 is 1.44 bits per heavy atom. The third-order valence-electron chi connectivity index (χ3n) is 5.06. The van der Waals surface area contributed by atoms with Gasteiger partial charge in [-0.3, -0.25) is 9.34 Å². The number of halogens is 1. The van der Waals surface area contributed by atoms with Crippen LogP contribution in [0.2, 0.25) is 0 Å². The summed E-state index contributed by atoms with van der Waals surface area (Å²) in [4.78, 5) is 0. The van der Waals surface area contributed by atoms with Gasteiger partial charge in [-0.05, 0) is 91.6 Å². The number of nitrogens with zero attached hydrogens (tertiary/aromatic N) is 3. The highest BCUT2D eigenvalue weighted by molar-refractivity contribution is 14.1. The van der Waals surface area contributed by atoms with E-state index in [0.717, 1.165) is 43.1 Å². The molecule has 4 nitrogen and oxygen atoms in total. The van der Waals surface area contributed by atoms with Gasteiger partial charge in [-0.1, -0.05) is 0 Å². The predicted octanol–water partition coefficient (Wildman–Crippen LogP) is 5.37. The van der Waals surface area contributed by atoms with E-state index in [2.05, 4.69) is 68.3 Å². The van der Waals surface area contributed by atoms with Crippen LogP contribution >= 0.6 is 29.9 Å². The van der Waals surface area contributed by atoms with Crippen molar-refractivity contribution < 1.29 is 4.42 Å². The Hall–Kier alpha value is -0.620. The van der Waals surface area contributed by atoms with Gasteiger partial charge in [0.25, 0.3) is 0 Å². The SMILES string of the molecule is Cc1ccc(P(=Nc2ccc(I)cc2)(N2CCCC2)N2CCCC2)o1. The van der Waals surface area contributed by atoms with Crippen molar-refractivity contribution >= 4 is 41.1 Å². The van der Waals surface area contributed by atoms with Crippen LogP contribution in [0, 0.1) is 10.5 Å². The summed E-state index contributed by atoms with van der Waals surface area (Å²) in [5, 5.41) is 0. The van der Waals surface area contributed by atoms with Crippen LogP contribution in [0.15, 0.2) is 45.6 Å². The second-order valence-electron chi connectivity index (χ2n) is 6.85. The molecular weight excluding hydrogens is 444 g/mol. The Balaban J connectivity index is 1.92. The lowest BCUT2D eigenvalue weighted by Gasteiger charge is -2.38. The van der Waals surface area contributed by atoms with Crippen LogP contribution in [0.4, 0.5) is 5.69 Å². The summed E-state index contributed by atoms with van der Waals surface area (Å²) in [7, 11) is -2.04. The third-order valence-corrected chi connectivity index (χ3v) is 9.50. The highest BCUT2D eigenvalue weighted by atomic mass is 127. The molecule has 2 aromatic rings. The second-order valence-corrected chi connectivity index (χ2v) is 11.0. The number of aryl methyl sites for hydroxylation is 1. The van der Waals surface area contributed by atoms with Crippen LogP contribution in [0.5, 0.6) is 0 Å². The lowest BCUT2D eigenvalue weighted by molar-refractivity contribution is 0.458. The van der Waals surface area contributed by atoms with Crippen molar-refractivity contribution in [2.75, 3.05) is 26.2 Å². The monoisotopic (exact) mass is 469 g/mol. The zero-order chi connectivity index (χ0) is 17.3. The van der Waals surface area contributed by atoms with Gasteiger partial charge in [-0.25, -0.2) is 4.74 Å². The topological polar surface area (TPSA) is 32.0 Å². The lowest BCUT2D eigenvalue weighted by atomic mass is 10.3. The minimum atomic E-state index is -2.04. The first kappa shape index (κ1) is 17.8. The average molecular weight is 469 g/mol. The summed E-state index contributed by atoms with van der Waals surface area (Å²) in [6.07, 6.45) is 5.05. The maximum absolute atomic E-state index is 6.24. The van der Waals surface area contributed by atoms with Crippen molar-refractivity contribution in [1.29, 1.82) is 0 Å². The standard InChI is InChI=1S/C19H25IN3OP/c1-16-6-11-19(24-16)25(22-12-2-3-13-22,23-14-4-5-15-23)21-18-9-7-17(20)8-10-18/h6-11H,2-5,12-15H2,1H3. The Kier molecular flexibility index (Phi) is 5.37. The minimum Gasteiger partial charge on any atom is -0.457 e. The van der Waals surface area contributed by atoms with E-state index in [9.17, 15) is 0 Å². The smallest absolute Gasteiger partial charge is 0.172 e. The van der Waals surface area contributed by atoms with Gasteiger partial charge in [0, 0.05) is 29.7 Å². The molecule has 0 amide bonds. The van der Waals surface area contributed by atoms with Crippen LogP contribution in [0.3, 0.4) is 0 Å². The molecule has 134 valence electrons. The van der Waals surface area contributed by atoms with E-state index in [4.69, 9.17) is 9.16 Å². The molecule has 2 aliphatic heterocycles. The number of rotatable bonds is 4. The molecule has 0 N–H and O–H groups in total. The van der Waals surface area contributed by atoms with Gasteiger partial charge in [0.15, 0.2) is 12.9 Å². The molecule has 0 spiro atoms. The number of hydrogen-bond donors (Lipinski definition) is 0. The fraction of sp³-hybridized carbons (Fsp3) is 0.474. The predicted molar refractivity (Wildman–Crippen MR) is 113 cm³/mol. The van der Waals surface area contributed by atoms with E-state index >= 15 is 0 Å². The van der Waals surface area contributed by atoms with E-state index in [1.807, 2.05) is 6.92 Å². The molecule has 0 aliphatic carbocycles. The third kappa shape index (κ3) is 3.48. The molecule has 0 radical (unpaired) electrons. The van der Waals surface area contributed by atoms with Crippen LogP contribution in [-0.2, 0) is 0 Å². The van der Waals surface area contributed by atoms with Gasteiger partial charge in [-0.15, -0.1) is 0 Å². The molecule has 3 heterocycles. The fourth-order valence-corrected chi connectivity index (χ4v) is 8.15. The summed E-state index contributed by atoms with van der Waals surface area (Å²) in [5.74, 6) is 0.982. The lowest BCUT2D eigenvalue weighted by Crippen LogP contribution is -2.34. The molecule has 0 bridgehead atoms. The van der Waals surface area contributed by atoms with Gasteiger partial charge in [0.1, 0.15) is 5.76 Å². The summed E-state index contributed by atoms with van der Waals surface area (Å²) < 4.78 is 18.2. The molecule has 1 aromatic heterocycles. The normalized spacial score (nSPS) is 19.6. The van der Waals surface area contributed by atoms with E-state index in [1.165, 1.54) is 29.3 Å². The van der Waals surface area contributed by atoms with Crippen molar-refractivity contribution in [3.8, 4) is 0 Å². The highest BCUT2D eigenvalue weighted by Crippen LogP contribution is 2.60. The molecule has 6 heteroatoms. The summed E-state index contributed by atoms with van der Waals surface area (Å²) in [5.41, 5.74) is 2.15. The van der Waals surface area contributed by atoms with Crippen molar-refractivity contribution in [1.82, 2.24) is 9.34 Å². The maximum atomic E-state index is 6.24. The minimum absolute atomic E-state index is 0.982. The second kappa shape index (κ2) is 7.55. The van der Waals surface area contributed by atoms with Gasteiger partial charge < -0.3 is 4.42 Å². The molecule has 4 rings (SSSR count). The molecule has 25 heavy (non-hydrogen) atoms. The summed E-state index contributed by atoms with van der Waals surface area (Å²) >= 11 is 2.35. The zero-order valence-electron chi connectivity index (χ0n) is 14.7. The molecule has 2 aliphatic rings. The summed E-state index contributed by atoms with van der Waals surface area (Å²) in [6.45, 7) is 6.53. The first-order valence-corrected chi connectivity index (χ1v) is 11.9. The van der Waals surface area contributed by atoms with Crippen LogP contribution in [0.25, 0.3) is 0 Å². The van der Waals surface area contributed by atoms with Gasteiger partial charge >= 0.3 is 0 Å². The van der Waals surface area contributed by atoms with Crippen molar-refractivity contribution in [3.05, 3.63) is 45.7 Å². The molecule has 0 saturated carbocycles. The van der Waals surface area contributed by atoms with E-state index in [1.54, 1.807) is 0 Å². The number of hydrogen-bond acceptors (Lipinski definition) is 2. The number of furan rings is 1. The Morgan fingerprint density at radius 3 is 1.92 bits per heavy atom. The molecule has 2 saturated heterocycles. The molecule has 0 atom stereocenters. The van der Waals surface area contributed by atoms with Crippen molar-refractivity contribution in [3.63, 3.8) is 0 Å². The molecule has 0 unspecified atom stereocenters. The molecule has 1 aromatic carbocycles. The quantitative estimate of drug-likeness (QED) is 0.446. The molecular formula is C19H25IN3OP. The fourth-order valence-electron chi connectivity index (χ4n) is 3.84. The molecule has 2 fully saturated rings. The van der Waals surface area contributed by atoms with Gasteiger partial charge in [-0.2, -0.15) is 0 Å². The van der Waals surface area contributed by atoms with Crippen molar-refractivity contribution in [2.45, 2.75) is 32.6 Å². The first-order valence-electron chi connectivity index (χ1n) is 9.14.